The van der Waals surface area contributed by atoms with Crippen molar-refractivity contribution >= 4 is 17.7 Å². The van der Waals surface area contributed by atoms with Gasteiger partial charge < -0.3 is 20.2 Å². The largest absolute Gasteiger partial charge is 0.464 e. The number of esters is 2. The number of nitrogens with one attached hydrogen (secondary N) is 1. The number of H-pyrrole nitrogens is 1. The minimum absolute atomic E-state index is 0.121. The first-order valence-electron chi connectivity index (χ1n) is 6.67. The van der Waals surface area contributed by atoms with Gasteiger partial charge in [-0.2, -0.15) is 0 Å². The average Bonchev–Trinajstić information content (AvgIpc) is 2.72. The summed E-state index contributed by atoms with van der Waals surface area (Å²) in [7, 11) is 0. The number of carbonyl (C=O) groups is 3. The van der Waals surface area contributed by atoms with Gasteiger partial charge in [-0.05, 0) is 33.3 Å². The molecule has 1 unspecified atom stereocenters. The Labute approximate surface area is 122 Å². The van der Waals surface area contributed by atoms with Crippen LogP contribution in [0.15, 0.2) is 0 Å². The van der Waals surface area contributed by atoms with Crippen LogP contribution in [-0.4, -0.2) is 42.0 Å². The number of Topliss-reactive ketones (excluding diaryl/α,β-unsaturated/α-hetero) is 1. The van der Waals surface area contributed by atoms with Crippen molar-refractivity contribution in [2.24, 2.45) is 5.73 Å². The van der Waals surface area contributed by atoms with Crippen molar-refractivity contribution in [2.75, 3.05) is 13.2 Å². The number of ketones is 1. The van der Waals surface area contributed by atoms with Gasteiger partial charge in [0.15, 0.2) is 6.04 Å². The van der Waals surface area contributed by atoms with Gasteiger partial charge in [0, 0.05) is 5.69 Å². The van der Waals surface area contributed by atoms with Crippen molar-refractivity contribution in [1.82, 2.24) is 4.98 Å². The van der Waals surface area contributed by atoms with Gasteiger partial charge in [-0.1, -0.05) is 0 Å². The molecule has 7 heteroatoms. The van der Waals surface area contributed by atoms with E-state index in [4.69, 9.17) is 15.2 Å². The molecular weight excluding hydrogens is 276 g/mol. The summed E-state index contributed by atoms with van der Waals surface area (Å²) in [5, 5.41) is 0. The first kappa shape index (κ1) is 16.9. The van der Waals surface area contributed by atoms with Gasteiger partial charge in [-0.3, -0.25) is 4.79 Å². The molecule has 3 N–H and O–H groups in total. The first-order valence-corrected chi connectivity index (χ1v) is 6.67. The van der Waals surface area contributed by atoms with E-state index in [1.54, 1.807) is 27.7 Å². The minimum atomic E-state index is -1.42. The second-order valence-electron chi connectivity index (χ2n) is 4.44. The highest BCUT2D eigenvalue weighted by Gasteiger charge is 2.30. The Morgan fingerprint density at radius 2 is 1.71 bits per heavy atom. The fraction of sp³-hybridized carbons (Fsp3) is 0.500. The maximum atomic E-state index is 12.2. The predicted octanol–water partition coefficient (Wildman–Crippen LogP) is 0.881. The predicted molar refractivity (Wildman–Crippen MR) is 75.2 cm³/mol. The zero-order valence-electron chi connectivity index (χ0n) is 12.6. The van der Waals surface area contributed by atoms with Crippen LogP contribution in [0.2, 0.25) is 0 Å². The molecule has 0 fully saturated rings. The number of hydrogen-bond acceptors (Lipinski definition) is 6. The summed E-state index contributed by atoms with van der Waals surface area (Å²) in [6, 6.07) is -1.42. The number of aromatic amines is 1. The fourth-order valence-corrected chi connectivity index (χ4v) is 2.00. The Balaban J connectivity index is 3.10. The monoisotopic (exact) mass is 296 g/mol. The highest BCUT2D eigenvalue weighted by Crippen LogP contribution is 2.20. The fourth-order valence-electron chi connectivity index (χ4n) is 2.00. The number of aromatic nitrogens is 1. The molecule has 0 aliphatic rings. The van der Waals surface area contributed by atoms with Crippen molar-refractivity contribution in [3.05, 3.63) is 22.5 Å². The van der Waals surface area contributed by atoms with Crippen LogP contribution < -0.4 is 5.73 Å². The first-order chi connectivity index (χ1) is 9.84. The van der Waals surface area contributed by atoms with E-state index in [1.165, 1.54) is 0 Å². The van der Waals surface area contributed by atoms with E-state index in [0.717, 1.165) is 0 Å². The van der Waals surface area contributed by atoms with Gasteiger partial charge in [0.1, 0.15) is 0 Å². The van der Waals surface area contributed by atoms with Crippen LogP contribution in [0, 0.1) is 13.8 Å². The van der Waals surface area contributed by atoms with Crippen molar-refractivity contribution in [2.45, 2.75) is 33.7 Å². The van der Waals surface area contributed by atoms with E-state index >= 15 is 0 Å². The Bertz CT molecular complexity index is 562. The maximum Gasteiger partial charge on any atom is 0.340 e. The molecule has 0 spiro atoms. The summed E-state index contributed by atoms with van der Waals surface area (Å²) < 4.78 is 9.65. The number of nitrogens with two attached hydrogens (primary N) is 1. The van der Waals surface area contributed by atoms with E-state index in [0.29, 0.717) is 11.3 Å². The Hall–Kier alpha value is -2.15. The van der Waals surface area contributed by atoms with Crippen LogP contribution >= 0.6 is 0 Å². The maximum absolute atomic E-state index is 12.2. The summed E-state index contributed by atoms with van der Waals surface area (Å²) in [5.74, 6) is -1.94. The third-order valence-electron chi connectivity index (χ3n) is 2.99. The summed E-state index contributed by atoms with van der Waals surface area (Å²) in [6.07, 6.45) is 0. The zero-order valence-corrected chi connectivity index (χ0v) is 12.6. The summed E-state index contributed by atoms with van der Waals surface area (Å²) in [6.45, 7) is 6.92. The molecule has 1 aromatic rings. The Morgan fingerprint density at radius 3 is 2.24 bits per heavy atom. The van der Waals surface area contributed by atoms with E-state index < -0.39 is 23.8 Å². The van der Waals surface area contributed by atoms with Crippen LogP contribution in [0.3, 0.4) is 0 Å². The molecule has 0 amide bonds. The molecule has 0 radical (unpaired) electrons. The van der Waals surface area contributed by atoms with Gasteiger partial charge in [-0.15, -0.1) is 0 Å². The van der Waals surface area contributed by atoms with Gasteiger partial charge in [0.2, 0.25) is 5.78 Å². The summed E-state index contributed by atoms with van der Waals surface area (Å²) >= 11 is 0. The minimum Gasteiger partial charge on any atom is -0.464 e. The van der Waals surface area contributed by atoms with Gasteiger partial charge in [0.05, 0.1) is 24.5 Å². The normalized spacial score (nSPS) is 11.9. The van der Waals surface area contributed by atoms with Gasteiger partial charge >= 0.3 is 11.9 Å². The second kappa shape index (κ2) is 7.03. The number of ether oxygens (including phenoxy) is 2. The third kappa shape index (κ3) is 3.49. The molecule has 1 heterocycles. The molecule has 0 aliphatic heterocycles. The quantitative estimate of drug-likeness (QED) is 0.458. The molecule has 0 saturated carbocycles. The molecule has 1 atom stereocenters. The van der Waals surface area contributed by atoms with Crippen molar-refractivity contribution in [3.8, 4) is 0 Å². The molecule has 0 saturated heterocycles. The summed E-state index contributed by atoms with van der Waals surface area (Å²) in [4.78, 5) is 38.4. The topological polar surface area (TPSA) is 111 Å². The number of rotatable bonds is 6. The SMILES string of the molecule is CCOC(=O)c1c(C)[nH]c(C(=O)C(N)C(=O)OCC)c1C. The molecule has 1 aromatic heterocycles. The van der Waals surface area contributed by atoms with Crippen LogP contribution in [0.5, 0.6) is 0 Å². The van der Waals surface area contributed by atoms with E-state index in [2.05, 4.69) is 4.98 Å². The van der Waals surface area contributed by atoms with Crippen molar-refractivity contribution in [1.29, 1.82) is 0 Å². The molecule has 116 valence electrons. The Kier molecular flexibility index (Phi) is 5.66. The highest BCUT2D eigenvalue weighted by molar-refractivity contribution is 6.13. The molecule has 1 rings (SSSR count). The lowest BCUT2D eigenvalue weighted by atomic mass is 10.0. The summed E-state index contributed by atoms with van der Waals surface area (Å²) in [5.41, 5.74) is 6.89. The molecule has 7 nitrogen and oxygen atoms in total. The molecular formula is C14H20N2O5. The standard InChI is InChI=1S/C14H20N2O5/c1-5-20-13(18)9-7(3)11(16-8(9)4)12(17)10(15)14(19)21-6-2/h10,16H,5-6,15H2,1-4H3. The van der Waals surface area contributed by atoms with Crippen molar-refractivity contribution in [3.63, 3.8) is 0 Å². The van der Waals surface area contributed by atoms with Crippen LogP contribution in [0.4, 0.5) is 0 Å². The molecule has 0 aliphatic carbocycles. The lowest BCUT2D eigenvalue weighted by molar-refractivity contribution is -0.143. The van der Waals surface area contributed by atoms with E-state index in [9.17, 15) is 14.4 Å². The van der Waals surface area contributed by atoms with Gasteiger partial charge in [0.25, 0.3) is 0 Å². The van der Waals surface area contributed by atoms with Crippen LogP contribution in [0.25, 0.3) is 0 Å². The highest BCUT2D eigenvalue weighted by atomic mass is 16.5. The smallest absolute Gasteiger partial charge is 0.340 e. The lowest BCUT2D eigenvalue weighted by Crippen LogP contribution is -2.40. The third-order valence-corrected chi connectivity index (χ3v) is 2.99. The van der Waals surface area contributed by atoms with E-state index in [-0.39, 0.29) is 24.5 Å². The number of hydrogen-bond donors (Lipinski definition) is 2. The van der Waals surface area contributed by atoms with Crippen molar-refractivity contribution < 1.29 is 23.9 Å². The Morgan fingerprint density at radius 1 is 1.14 bits per heavy atom. The van der Waals surface area contributed by atoms with E-state index in [1.807, 2.05) is 0 Å². The molecule has 0 bridgehead atoms. The van der Waals surface area contributed by atoms with Gasteiger partial charge in [-0.25, -0.2) is 9.59 Å². The number of aryl methyl sites for hydroxylation is 1. The number of carbonyl (C=O) groups excluding carboxylic acids is 3. The lowest BCUT2D eigenvalue weighted by Gasteiger charge is -2.09. The van der Waals surface area contributed by atoms with Crippen LogP contribution in [0.1, 0.15) is 46.0 Å². The zero-order chi connectivity index (χ0) is 16.2. The molecule has 0 aromatic carbocycles. The second-order valence-corrected chi connectivity index (χ2v) is 4.44. The average molecular weight is 296 g/mol. The molecule has 21 heavy (non-hydrogen) atoms. The van der Waals surface area contributed by atoms with Crippen LogP contribution in [-0.2, 0) is 14.3 Å².